The first-order valence-corrected chi connectivity index (χ1v) is 5.90. The van der Waals surface area contributed by atoms with Crippen LogP contribution < -0.4 is 0 Å². The Morgan fingerprint density at radius 2 is 2.00 bits per heavy atom. The summed E-state index contributed by atoms with van der Waals surface area (Å²) >= 11 is 6.24. The van der Waals surface area contributed by atoms with Gasteiger partial charge in [0.1, 0.15) is 0 Å². The molecule has 0 heterocycles. The summed E-state index contributed by atoms with van der Waals surface area (Å²) in [5.74, 6) is 0.962. The molecule has 1 atom stereocenters. The molecule has 0 aromatic heterocycles. The molecule has 72 valence electrons. The van der Waals surface area contributed by atoms with E-state index in [4.69, 9.17) is 11.6 Å². The number of hydrogen-bond acceptors (Lipinski definition) is 0. The Balaban J connectivity index is 2.03. The molecule has 0 aliphatic heterocycles. The van der Waals surface area contributed by atoms with E-state index in [1.807, 2.05) is 0 Å². The van der Waals surface area contributed by atoms with Gasteiger partial charge in [0, 0.05) is 5.38 Å². The standard InChI is InChI=1S/C11H21Cl/c1-2-3-8-11(12)9-10-6-4-5-7-10/h10-11H,2-9H2,1H3. The fourth-order valence-electron chi connectivity index (χ4n) is 2.15. The van der Waals surface area contributed by atoms with Crippen molar-refractivity contribution in [1.82, 2.24) is 0 Å². The average molecular weight is 189 g/mol. The summed E-state index contributed by atoms with van der Waals surface area (Å²) in [5.41, 5.74) is 0. The molecule has 1 fully saturated rings. The Bertz CT molecular complexity index is 106. The lowest BCUT2D eigenvalue weighted by molar-refractivity contribution is 0.472. The van der Waals surface area contributed by atoms with Gasteiger partial charge in [0.25, 0.3) is 0 Å². The van der Waals surface area contributed by atoms with Crippen LogP contribution in [-0.4, -0.2) is 5.38 Å². The quantitative estimate of drug-likeness (QED) is 0.563. The molecule has 0 aromatic carbocycles. The minimum Gasteiger partial charge on any atom is -0.123 e. The number of alkyl halides is 1. The first-order valence-electron chi connectivity index (χ1n) is 5.47. The summed E-state index contributed by atoms with van der Waals surface area (Å²) in [7, 11) is 0. The Labute approximate surface area is 81.7 Å². The maximum Gasteiger partial charge on any atom is 0.0338 e. The van der Waals surface area contributed by atoms with Gasteiger partial charge in [0.2, 0.25) is 0 Å². The smallest absolute Gasteiger partial charge is 0.0338 e. The van der Waals surface area contributed by atoms with Gasteiger partial charge in [-0.1, -0.05) is 45.4 Å². The molecular formula is C11H21Cl. The number of unbranched alkanes of at least 4 members (excludes halogenated alkanes) is 1. The van der Waals surface area contributed by atoms with E-state index in [-0.39, 0.29) is 0 Å². The topological polar surface area (TPSA) is 0 Å². The highest BCUT2D eigenvalue weighted by Gasteiger charge is 2.18. The maximum atomic E-state index is 6.24. The van der Waals surface area contributed by atoms with Crippen LogP contribution in [0.1, 0.15) is 58.3 Å². The van der Waals surface area contributed by atoms with E-state index in [2.05, 4.69) is 6.92 Å². The van der Waals surface area contributed by atoms with Crippen molar-refractivity contribution in [3.05, 3.63) is 0 Å². The third-order valence-electron chi connectivity index (χ3n) is 2.93. The van der Waals surface area contributed by atoms with Crippen molar-refractivity contribution in [1.29, 1.82) is 0 Å². The van der Waals surface area contributed by atoms with Crippen LogP contribution in [0.15, 0.2) is 0 Å². The van der Waals surface area contributed by atoms with Gasteiger partial charge in [-0.3, -0.25) is 0 Å². The van der Waals surface area contributed by atoms with E-state index in [1.54, 1.807) is 0 Å². The molecule has 12 heavy (non-hydrogen) atoms. The van der Waals surface area contributed by atoms with Gasteiger partial charge >= 0.3 is 0 Å². The zero-order valence-corrected chi connectivity index (χ0v) is 8.95. The molecule has 1 unspecified atom stereocenters. The van der Waals surface area contributed by atoms with Crippen LogP contribution in [-0.2, 0) is 0 Å². The van der Waals surface area contributed by atoms with Crippen molar-refractivity contribution < 1.29 is 0 Å². The highest BCUT2D eigenvalue weighted by Crippen LogP contribution is 2.31. The van der Waals surface area contributed by atoms with E-state index in [0.29, 0.717) is 5.38 Å². The predicted molar refractivity (Wildman–Crippen MR) is 55.7 cm³/mol. The largest absolute Gasteiger partial charge is 0.123 e. The van der Waals surface area contributed by atoms with Crippen molar-refractivity contribution in [3.8, 4) is 0 Å². The molecule has 1 rings (SSSR count). The van der Waals surface area contributed by atoms with Crippen LogP contribution in [0.2, 0.25) is 0 Å². The average Bonchev–Trinajstić information content (AvgIpc) is 2.53. The predicted octanol–water partition coefficient (Wildman–Crippen LogP) is 4.36. The van der Waals surface area contributed by atoms with Gasteiger partial charge < -0.3 is 0 Å². The normalized spacial score (nSPS) is 21.5. The fraction of sp³-hybridized carbons (Fsp3) is 1.00. The van der Waals surface area contributed by atoms with E-state index < -0.39 is 0 Å². The Morgan fingerprint density at radius 1 is 1.33 bits per heavy atom. The summed E-state index contributed by atoms with van der Waals surface area (Å²) in [5, 5.41) is 0.466. The van der Waals surface area contributed by atoms with Gasteiger partial charge in [-0.2, -0.15) is 0 Å². The van der Waals surface area contributed by atoms with Crippen LogP contribution in [0.3, 0.4) is 0 Å². The summed E-state index contributed by atoms with van der Waals surface area (Å²) in [4.78, 5) is 0. The first-order chi connectivity index (χ1) is 5.83. The molecule has 0 radical (unpaired) electrons. The molecule has 1 saturated carbocycles. The SMILES string of the molecule is CCCCC(Cl)CC1CCCC1. The number of hydrogen-bond donors (Lipinski definition) is 0. The number of halogens is 1. The van der Waals surface area contributed by atoms with Gasteiger partial charge in [-0.25, -0.2) is 0 Å². The van der Waals surface area contributed by atoms with E-state index in [1.165, 1.54) is 51.4 Å². The van der Waals surface area contributed by atoms with Crippen LogP contribution in [0, 0.1) is 5.92 Å². The first kappa shape index (κ1) is 10.4. The zero-order chi connectivity index (χ0) is 8.81. The van der Waals surface area contributed by atoms with Crippen molar-refractivity contribution in [2.75, 3.05) is 0 Å². The van der Waals surface area contributed by atoms with Crippen molar-refractivity contribution in [2.45, 2.75) is 63.7 Å². The highest BCUT2D eigenvalue weighted by molar-refractivity contribution is 6.20. The fourth-order valence-corrected chi connectivity index (χ4v) is 2.56. The van der Waals surface area contributed by atoms with Crippen molar-refractivity contribution in [3.63, 3.8) is 0 Å². The Hall–Kier alpha value is 0.290. The second-order valence-electron chi connectivity index (χ2n) is 4.13. The summed E-state index contributed by atoms with van der Waals surface area (Å²) < 4.78 is 0. The van der Waals surface area contributed by atoms with Gasteiger partial charge in [0.15, 0.2) is 0 Å². The van der Waals surface area contributed by atoms with Crippen LogP contribution in [0.4, 0.5) is 0 Å². The summed E-state index contributed by atoms with van der Waals surface area (Å²) in [6, 6.07) is 0. The van der Waals surface area contributed by atoms with E-state index in [0.717, 1.165) is 5.92 Å². The molecule has 0 amide bonds. The molecule has 1 aliphatic rings. The molecular weight excluding hydrogens is 168 g/mol. The lowest BCUT2D eigenvalue weighted by Crippen LogP contribution is -2.05. The third-order valence-corrected chi connectivity index (χ3v) is 3.33. The maximum absolute atomic E-state index is 6.24. The van der Waals surface area contributed by atoms with Gasteiger partial charge in [-0.05, 0) is 18.8 Å². The van der Waals surface area contributed by atoms with Crippen molar-refractivity contribution in [2.24, 2.45) is 5.92 Å². The number of rotatable bonds is 5. The molecule has 0 aromatic rings. The van der Waals surface area contributed by atoms with Crippen LogP contribution in [0.5, 0.6) is 0 Å². The second-order valence-corrected chi connectivity index (χ2v) is 4.74. The Kier molecular flexibility index (Phi) is 5.06. The molecule has 0 nitrogen and oxygen atoms in total. The van der Waals surface area contributed by atoms with E-state index >= 15 is 0 Å². The third kappa shape index (κ3) is 3.80. The van der Waals surface area contributed by atoms with Crippen molar-refractivity contribution >= 4 is 11.6 Å². The Morgan fingerprint density at radius 3 is 2.58 bits per heavy atom. The second kappa shape index (κ2) is 5.85. The minimum atomic E-state index is 0.466. The minimum absolute atomic E-state index is 0.466. The monoisotopic (exact) mass is 188 g/mol. The summed E-state index contributed by atoms with van der Waals surface area (Å²) in [6.07, 6.45) is 10.9. The molecule has 0 N–H and O–H groups in total. The van der Waals surface area contributed by atoms with E-state index in [9.17, 15) is 0 Å². The van der Waals surface area contributed by atoms with Gasteiger partial charge in [0.05, 0.1) is 0 Å². The molecule has 1 heteroatoms. The zero-order valence-electron chi connectivity index (χ0n) is 8.19. The van der Waals surface area contributed by atoms with Gasteiger partial charge in [-0.15, -0.1) is 11.6 Å². The molecule has 0 saturated heterocycles. The van der Waals surface area contributed by atoms with Crippen LogP contribution >= 0.6 is 11.6 Å². The molecule has 1 aliphatic carbocycles. The summed E-state index contributed by atoms with van der Waals surface area (Å²) in [6.45, 7) is 2.24. The highest BCUT2D eigenvalue weighted by atomic mass is 35.5. The lowest BCUT2D eigenvalue weighted by atomic mass is 9.99. The molecule has 0 bridgehead atoms. The van der Waals surface area contributed by atoms with Crippen LogP contribution in [0.25, 0.3) is 0 Å². The lowest BCUT2D eigenvalue weighted by Gasteiger charge is -2.13. The molecule has 0 spiro atoms.